The van der Waals surface area contributed by atoms with Gasteiger partial charge in [0.05, 0.1) is 18.8 Å². The number of hydrogen-bond acceptors (Lipinski definition) is 3. The zero-order valence-electron chi connectivity index (χ0n) is 33.7. The second-order valence-corrected chi connectivity index (χ2v) is 15.1. The molecule has 0 radical (unpaired) electrons. The van der Waals surface area contributed by atoms with Gasteiger partial charge in [0.1, 0.15) is 0 Å². The number of hydrogen-bond donors (Lipinski definition) is 3. The first-order valence-corrected chi connectivity index (χ1v) is 22.2. The van der Waals surface area contributed by atoms with Crippen molar-refractivity contribution in [2.45, 2.75) is 244 Å². The number of unbranched alkanes of at least 4 members (excludes halogenated alkanes) is 29. The number of nitrogens with one attached hydrogen (secondary N) is 1. The average molecular weight is 702 g/mol. The molecule has 4 heteroatoms. The van der Waals surface area contributed by atoms with E-state index in [1.54, 1.807) is 6.08 Å². The number of amides is 1. The topological polar surface area (TPSA) is 69.6 Å². The molecule has 50 heavy (non-hydrogen) atoms. The van der Waals surface area contributed by atoms with Crippen molar-refractivity contribution in [1.29, 1.82) is 0 Å². The second kappa shape index (κ2) is 42.0. The summed E-state index contributed by atoms with van der Waals surface area (Å²) in [5.41, 5.74) is 0. The Labute approximate surface area is 312 Å². The first-order chi connectivity index (χ1) is 24.7. The van der Waals surface area contributed by atoms with Crippen molar-refractivity contribution in [2.75, 3.05) is 6.61 Å². The van der Waals surface area contributed by atoms with E-state index in [0.717, 1.165) is 32.1 Å². The van der Waals surface area contributed by atoms with Gasteiger partial charge in [-0.2, -0.15) is 0 Å². The average Bonchev–Trinajstić information content (AvgIpc) is 3.12. The fourth-order valence-corrected chi connectivity index (χ4v) is 6.68. The van der Waals surface area contributed by atoms with Crippen LogP contribution in [0.25, 0.3) is 0 Å². The van der Waals surface area contributed by atoms with Crippen LogP contribution in [0.1, 0.15) is 232 Å². The van der Waals surface area contributed by atoms with Gasteiger partial charge >= 0.3 is 0 Å². The molecule has 0 fully saturated rings. The zero-order valence-corrected chi connectivity index (χ0v) is 33.7. The molecule has 2 unspecified atom stereocenters. The van der Waals surface area contributed by atoms with Gasteiger partial charge in [-0.1, -0.05) is 211 Å². The second-order valence-electron chi connectivity index (χ2n) is 15.1. The molecule has 4 nitrogen and oxygen atoms in total. The number of allylic oxidation sites excluding steroid dienone is 5. The van der Waals surface area contributed by atoms with E-state index in [1.165, 1.54) is 180 Å². The van der Waals surface area contributed by atoms with Crippen molar-refractivity contribution < 1.29 is 15.0 Å². The Kier molecular flexibility index (Phi) is 40.9. The van der Waals surface area contributed by atoms with Gasteiger partial charge in [0.15, 0.2) is 0 Å². The van der Waals surface area contributed by atoms with Crippen LogP contribution in [0, 0.1) is 0 Å². The van der Waals surface area contributed by atoms with Crippen LogP contribution in [0.3, 0.4) is 0 Å². The van der Waals surface area contributed by atoms with Crippen molar-refractivity contribution in [1.82, 2.24) is 5.32 Å². The Morgan fingerprint density at radius 3 is 1.24 bits per heavy atom. The first-order valence-electron chi connectivity index (χ1n) is 22.2. The van der Waals surface area contributed by atoms with E-state index >= 15 is 0 Å². The van der Waals surface area contributed by atoms with E-state index in [9.17, 15) is 15.0 Å². The molecule has 0 spiro atoms. The Morgan fingerprint density at radius 1 is 0.480 bits per heavy atom. The third kappa shape index (κ3) is 37.9. The summed E-state index contributed by atoms with van der Waals surface area (Å²) < 4.78 is 0. The highest BCUT2D eigenvalue weighted by molar-refractivity contribution is 5.76. The summed E-state index contributed by atoms with van der Waals surface area (Å²) in [4.78, 5) is 12.4. The molecule has 0 saturated heterocycles. The van der Waals surface area contributed by atoms with Gasteiger partial charge in [-0.15, -0.1) is 0 Å². The minimum atomic E-state index is -0.840. The van der Waals surface area contributed by atoms with Crippen molar-refractivity contribution >= 4 is 5.91 Å². The summed E-state index contributed by atoms with van der Waals surface area (Å²) in [6.45, 7) is 4.29. The normalized spacial score (nSPS) is 13.3. The maximum atomic E-state index is 12.4. The summed E-state index contributed by atoms with van der Waals surface area (Å²) in [6.07, 6.45) is 55.3. The Bertz CT molecular complexity index is 760. The first kappa shape index (κ1) is 48.6. The van der Waals surface area contributed by atoms with Gasteiger partial charge in [0, 0.05) is 6.42 Å². The van der Waals surface area contributed by atoms with Gasteiger partial charge in [-0.25, -0.2) is 0 Å². The van der Waals surface area contributed by atoms with Crippen molar-refractivity contribution in [3.8, 4) is 0 Å². The molecule has 1 amide bonds. The van der Waals surface area contributed by atoms with E-state index in [4.69, 9.17) is 0 Å². The highest BCUT2D eigenvalue weighted by Crippen LogP contribution is 2.15. The van der Waals surface area contributed by atoms with Gasteiger partial charge in [0.25, 0.3) is 0 Å². The predicted octanol–water partition coefficient (Wildman–Crippen LogP) is 13.8. The molecule has 0 aromatic heterocycles. The Hall–Kier alpha value is -1.39. The van der Waals surface area contributed by atoms with Crippen LogP contribution in [0.4, 0.5) is 0 Å². The third-order valence-corrected chi connectivity index (χ3v) is 10.1. The SMILES string of the molecule is CCCCC/C=C\C/C=C\CCCCCCCCCCCC(=O)NC(CO)C(O)/C=C/CCCCCCCCCCCCCCCCCCC. The molecule has 0 saturated carbocycles. The van der Waals surface area contributed by atoms with E-state index in [-0.39, 0.29) is 12.5 Å². The molecule has 0 aromatic rings. The minimum Gasteiger partial charge on any atom is -0.394 e. The lowest BCUT2D eigenvalue weighted by Crippen LogP contribution is -2.45. The molecule has 3 N–H and O–H groups in total. The summed E-state index contributed by atoms with van der Waals surface area (Å²) in [7, 11) is 0. The third-order valence-electron chi connectivity index (χ3n) is 10.1. The molecule has 0 rings (SSSR count). The predicted molar refractivity (Wildman–Crippen MR) is 221 cm³/mol. The number of aliphatic hydroxyl groups is 2. The van der Waals surface area contributed by atoms with E-state index < -0.39 is 12.1 Å². The molecule has 0 heterocycles. The molecular weight excluding hydrogens is 615 g/mol. The van der Waals surface area contributed by atoms with Gasteiger partial charge in [0.2, 0.25) is 5.91 Å². The van der Waals surface area contributed by atoms with E-state index in [0.29, 0.717) is 6.42 Å². The molecule has 0 aliphatic heterocycles. The number of carbonyl (C=O) groups excluding carboxylic acids is 1. The van der Waals surface area contributed by atoms with Crippen LogP contribution in [0.2, 0.25) is 0 Å². The summed E-state index contributed by atoms with van der Waals surface area (Å²) in [5, 5.41) is 23.0. The van der Waals surface area contributed by atoms with Crippen LogP contribution in [-0.2, 0) is 4.79 Å². The zero-order chi connectivity index (χ0) is 36.4. The molecule has 0 bridgehead atoms. The van der Waals surface area contributed by atoms with Crippen LogP contribution in [-0.4, -0.2) is 34.9 Å². The number of aliphatic hydroxyl groups excluding tert-OH is 2. The van der Waals surface area contributed by atoms with Gasteiger partial charge in [-0.3, -0.25) is 4.79 Å². The minimum absolute atomic E-state index is 0.0679. The summed E-state index contributed by atoms with van der Waals surface area (Å²) >= 11 is 0. The lowest BCUT2D eigenvalue weighted by atomic mass is 10.0. The summed E-state index contributed by atoms with van der Waals surface area (Å²) in [6, 6.07) is -0.623. The highest BCUT2D eigenvalue weighted by atomic mass is 16.3. The van der Waals surface area contributed by atoms with Crippen molar-refractivity contribution in [3.63, 3.8) is 0 Å². The Balaban J connectivity index is 3.57. The molecule has 0 aliphatic rings. The largest absolute Gasteiger partial charge is 0.394 e. The fourth-order valence-electron chi connectivity index (χ4n) is 6.68. The van der Waals surface area contributed by atoms with E-state index in [2.05, 4.69) is 43.5 Å². The standard InChI is InChI=1S/C46H87NO3/c1-3-5-7-9-11-13-15-17-19-21-23-25-27-29-31-33-35-37-39-41-45(49)44(43-48)47-46(50)42-40-38-36-34-32-30-28-26-24-22-20-18-16-14-12-10-8-6-4-2/h12,14,18,20,39,41,44-45,48-49H,3-11,13,15-17,19,21-38,40,42-43H2,1-2H3,(H,47,50)/b14-12-,20-18-,41-39+. The summed E-state index contributed by atoms with van der Waals surface area (Å²) in [5.74, 6) is -0.0679. The number of carbonyl (C=O) groups is 1. The van der Waals surface area contributed by atoms with Crippen LogP contribution in [0.15, 0.2) is 36.5 Å². The van der Waals surface area contributed by atoms with Crippen LogP contribution < -0.4 is 5.32 Å². The quantitative estimate of drug-likeness (QED) is 0.0440. The van der Waals surface area contributed by atoms with Crippen LogP contribution in [0.5, 0.6) is 0 Å². The van der Waals surface area contributed by atoms with Crippen molar-refractivity contribution in [2.24, 2.45) is 0 Å². The molecule has 0 aromatic carbocycles. The monoisotopic (exact) mass is 702 g/mol. The Morgan fingerprint density at radius 2 is 0.820 bits per heavy atom. The van der Waals surface area contributed by atoms with Crippen LogP contribution >= 0.6 is 0 Å². The fraction of sp³-hybridized carbons (Fsp3) is 0.848. The molecule has 2 atom stereocenters. The molecule has 294 valence electrons. The maximum Gasteiger partial charge on any atom is 0.220 e. The van der Waals surface area contributed by atoms with Crippen molar-refractivity contribution in [3.05, 3.63) is 36.5 Å². The van der Waals surface area contributed by atoms with Gasteiger partial charge in [-0.05, 0) is 51.4 Å². The highest BCUT2D eigenvalue weighted by Gasteiger charge is 2.17. The smallest absolute Gasteiger partial charge is 0.220 e. The molecule has 0 aliphatic carbocycles. The lowest BCUT2D eigenvalue weighted by Gasteiger charge is -2.20. The lowest BCUT2D eigenvalue weighted by molar-refractivity contribution is -0.123. The maximum absolute atomic E-state index is 12.4. The molecular formula is C46H87NO3. The van der Waals surface area contributed by atoms with Gasteiger partial charge < -0.3 is 15.5 Å². The number of rotatable bonds is 40. The van der Waals surface area contributed by atoms with E-state index in [1.807, 2.05) is 6.08 Å².